The van der Waals surface area contributed by atoms with E-state index in [1.807, 2.05) is 43.5 Å². The van der Waals surface area contributed by atoms with Gasteiger partial charge in [0, 0.05) is 45.0 Å². The van der Waals surface area contributed by atoms with Crippen LogP contribution in [-0.4, -0.2) is 46.3 Å². The van der Waals surface area contributed by atoms with Crippen molar-refractivity contribution >= 4 is 5.91 Å². The van der Waals surface area contributed by atoms with Crippen LogP contribution in [0.3, 0.4) is 0 Å². The molecule has 5 nitrogen and oxygen atoms in total. The Labute approximate surface area is 109 Å². The number of hydrogen-bond donors (Lipinski definition) is 1. The van der Waals surface area contributed by atoms with E-state index in [-0.39, 0.29) is 11.9 Å². The van der Waals surface area contributed by atoms with Gasteiger partial charge >= 0.3 is 0 Å². The summed E-state index contributed by atoms with van der Waals surface area (Å²) in [6.07, 6.45) is 2.67. The van der Waals surface area contributed by atoms with Gasteiger partial charge in [0.1, 0.15) is 0 Å². The van der Waals surface area contributed by atoms with Crippen molar-refractivity contribution in [1.82, 2.24) is 20.0 Å². The third-order valence-corrected chi connectivity index (χ3v) is 3.20. The van der Waals surface area contributed by atoms with Crippen molar-refractivity contribution in [2.75, 3.05) is 19.6 Å². The zero-order valence-electron chi connectivity index (χ0n) is 11.8. The Hall–Kier alpha value is -1.36. The molecule has 0 aromatic carbocycles. The van der Waals surface area contributed by atoms with Gasteiger partial charge in [0.15, 0.2) is 0 Å². The van der Waals surface area contributed by atoms with Gasteiger partial charge < -0.3 is 10.2 Å². The van der Waals surface area contributed by atoms with Crippen molar-refractivity contribution in [2.45, 2.75) is 33.2 Å². The first kappa shape index (κ1) is 14.7. The molecule has 102 valence electrons. The van der Waals surface area contributed by atoms with Crippen LogP contribution in [-0.2, 0) is 18.3 Å². The molecule has 0 aliphatic heterocycles. The summed E-state index contributed by atoms with van der Waals surface area (Å²) in [5.74, 6) is 0.171. The Balaban J connectivity index is 2.35. The molecule has 0 bridgehead atoms. The van der Waals surface area contributed by atoms with Crippen molar-refractivity contribution in [1.29, 1.82) is 0 Å². The number of nitrogens with zero attached hydrogens (tertiary/aromatic N) is 3. The second-order valence-corrected chi connectivity index (χ2v) is 4.38. The molecular weight excluding hydrogens is 228 g/mol. The highest BCUT2D eigenvalue weighted by molar-refractivity contribution is 5.81. The van der Waals surface area contributed by atoms with E-state index in [0.29, 0.717) is 0 Å². The minimum atomic E-state index is -0.127. The predicted octanol–water partition coefficient (Wildman–Crippen LogP) is 0.809. The van der Waals surface area contributed by atoms with Gasteiger partial charge in [-0.3, -0.25) is 9.48 Å². The van der Waals surface area contributed by atoms with Crippen molar-refractivity contribution < 1.29 is 4.79 Å². The maximum absolute atomic E-state index is 12.0. The van der Waals surface area contributed by atoms with Crippen molar-refractivity contribution in [3.63, 3.8) is 0 Å². The molecule has 1 rings (SSSR count). The van der Waals surface area contributed by atoms with Gasteiger partial charge in [0.05, 0.1) is 6.04 Å². The topological polar surface area (TPSA) is 50.2 Å². The minimum Gasteiger partial charge on any atom is -0.342 e. The molecule has 1 unspecified atom stereocenters. The van der Waals surface area contributed by atoms with E-state index in [9.17, 15) is 4.79 Å². The molecule has 1 N–H and O–H groups in total. The number of carbonyl (C=O) groups excluding carboxylic acids is 1. The fourth-order valence-corrected chi connectivity index (χ4v) is 1.96. The molecule has 0 saturated heterocycles. The standard InChI is InChI=1S/C13H24N4O/c1-5-17(6-2)13(18)11(3)14-9-7-12-8-10-15-16(12)4/h8,10-11,14H,5-7,9H2,1-4H3. The molecule has 0 aliphatic carbocycles. The van der Waals surface area contributed by atoms with Crippen molar-refractivity contribution in [3.8, 4) is 0 Å². The fourth-order valence-electron chi connectivity index (χ4n) is 1.96. The molecule has 1 amide bonds. The molecule has 0 saturated carbocycles. The molecule has 1 aromatic heterocycles. The lowest BCUT2D eigenvalue weighted by molar-refractivity contribution is -0.132. The lowest BCUT2D eigenvalue weighted by Crippen LogP contribution is -2.45. The number of amides is 1. The molecule has 1 aromatic rings. The smallest absolute Gasteiger partial charge is 0.239 e. The third-order valence-electron chi connectivity index (χ3n) is 3.20. The van der Waals surface area contributed by atoms with Crippen LogP contribution >= 0.6 is 0 Å². The van der Waals surface area contributed by atoms with Gasteiger partial charge in [-0.05, 0) is 26.8 Å². The number of hydrogen-bond acceptors (Lipinski definition) is 3. The van der Waals surface area contributed by atoms with E-state index in [1.54, 1.807) is 6.20 Å². The first-order valence-corrected chi connectivity index (χ1v) is 6.59. The lowest BCUT2D eigenvalue weighted by Gasteiger charge is -2.23. The van der Waals surface area contributed by atoms with Crippen LogP contribution < -0.4 is 5.32 Å². The average Bonchev–Trinajstić information content (AvgIpc) is 2.76. The van der Waals surface area contributed by atoms with E-state index >= 15 is 0 Å². The van der Waals surface area contributed by atoms with Gasteiger partial charge in [-0.2, -0.15) is 5.10 Å². The number of nitrogens with one attached hydrogen (secondary N) is 1. The lowest BCUT2D eigenvalue weighted by atomic mass is 10.2. The highest BCUT2D eigenvalue weighted by Gasteiger charge is 2.17. The molecule has 1 heterocycles. The molecule has 1 atom stereocenters. The van der Waals surface area contributed by atoms with Crippen molar-refractivity contribution in [2.24, 2.45) is 7.05 Å². The first-order chi connectivity index (χ1) is 8.60. The SMILES string of the molecule is CCN(CC)C(=O)C(C)NCCc1ccnn1C. The molecule has 5 heteroatoms. The highest BCUT2D eigenvalue weighted by Crippen LogP contribution is 1.98. The Kier molecular flexibility index (Phi) is 5.85. The highest BCUT2D eigenvalue weighted by atomic mass is 16.2. The maximum Gasteiger partial charge on any atom is 0.239 e. The molecule has 0 radical (unpaired) electrons. The van der Waals surface area contributed by atoms with Crippen LogP contribution in [0.2, 0.25) is 0 Å². The van der Waals surface area contributed by atoms with Gasteiger partial charge in [-0.25, -0.2) is 0 Å². The minimum absolute atomic E-state index is 0.127. The normalized spacial score (nSPS) is 12.4. The van der Waals surface area contributed by atoms with Crippen molar-refractivity contribution in [3.05, 3.63) is 18.0 Å². The van der Waals surface area contributed by atoms with Crippen LogP contribution in [0.1, 0.15) is 26.5 Å². The molecular formula is C13H24N4O. The third kappa shape index (κ3) is 3.84. The van der Waals surface area contributed by atoms with Gasteiger partial charge in [0.2, 0.25) is 5.91 Å². The van der Waals surface area contributed by atoms with Crippen LogP contribution in [0, 0.1) is 0 Å². The van der Waals surface area contributed by atoms with Crippen LogP contribution in [0.4, 0.5) is 0 Å². The Morgan fingerprint density at radius 2 is 2.17 bits per heavy atom. The quantitative estimate of drug-likeness (QED) is 0.781. The first-order valence-electron chi connectivity index (χ1n) is 6.59. The van der Waals surface area contributed by atoms with Crippen LogP contribution in [0.25, 0.3) is 0 Å². The number of rotatable bonds is 7. The number of carbonyl (C=O) groups is 1. The molecule has 0 spiro atoms. The summed E-state index contributed by atoms with van der Waals surface area (Å²) in [6.45, 7) is 8.25. The molecule has 0 aliphatic rings. The summed E-state index contributed by atoms with van der Waals surface area (Å²) in [4.78, 5) is 13.9. The fraction of sp³-hybridized carbons (Fsp3) is 0.692. The predicted molar refractivity (Wildman–Crippen MR) is 72.3 cm³/mol. The second kappa shape index (κ2) is 7.16. The number of likely N-dealkylation sites (N-methyl/N-ethyl adjacent to an activating group) is 1. The van der Waals surface area contributed by atoms with E-state index in [2.05, 4.69) is 10.4 Å². The summed E-state index contributed by atoms with van der Waals surface area (Å²) < 4.78 is 1.86. The van der Waals surface area contributed by atoms with Gasteiger partial charge in [0.25, 0.3) is 0 Å². The zero-order valence-corrected chi connectivity index (χ0v) is 11.8. The maximum atomic E-state index is 12.0. The summed E-state index contributed by atoms with van der Waals surface area (Å²) in [5, 5.41) is 7.38. The molecule has 18 heavy (non-hydrogen) atoms. The summed E-state index contributed by atoms with van der Waals surface area (Å²) in [5.41, 5.74) is 1.17. The summed E-state index contributed by atoms with van der Waals surface area (Å²) in [7, 11) is 1.93. The van der Waals surface area contributed by atoms with Crippen LogP contribution in [0.15, 0.2) is 12.3 Å². The van der Waals surface area contributed by atoms with E-state index in [0.717, 1.165) is 26.1 Å². The van der Waals surface area contributed by atoms with E-state index < -0.39 is 0 Å². The Morgan fingerprint density at radius 3 is 2.67 bits per heavy atom. The second-order valence-electron chi connectivity index (χ2n) is 4.38. The molecule has 0 fully saturated rings. The Bertz CT molecular complexity index is 371. The zero-order chi connectivity index (χ0) is 13.5. The average molecular weight is 252 g/mol. The number of aromatic nitrogens is 2. The van der Waals surface area contributed by atoms with E-state index in [4.69, 9.17) is 0 Å². The Morgan fingerprint density at radius 1 is 1.50 bits per heavy atom. The summed E-state index contributed by atoms with van der Waals surface area (Å²) in [6, 6.07) is 1.87. The van der Waals surface area contributed by atoms with Crippen LogP contribution in [0.5, 0.6) is 0 Å². The number of aryl methyl sites for hydroxylation is 1. The monoisotopic (exact) mass is 252 g/mol. The summed E-state index contributed by atoms with van der Waals surface area (Å²) >= 11 is 0. The largest absolute Gasteiger partial charge is 0.342 e. The van der Waals surface area contributed by atoms with Gasteiger partial charge in [-0.1, -0.05) is 0 Å². The van der Waals surface area contributed by atoms with E-state index in [1.165, 1.54) is 5.69 Å². The van der Waals surface area contributed by atoms with Gasteiger partial charge in [-0.15, -0.1) is 0 Å².